The predicted molar refractivity (Wildman–Crippen MR) is 126 cm³/mol. The Balaban J connectivity index is 1.42. The summed E-state index contributed by atoms with van der Waals surface area (Å²) in [4.78, 5) is 24.8. The molecule has 0 saturated heterocycles. The maximum Gasteiger partial charge on any atom is 0.234 e. The van der Waals surface area contributed by atoms with Crippen molar-refractivity contribution in [3.8, 4) is 5.75 Å². The molecule has 3 rings (SSSR count). The molecule has 0 unspecified atom stereocenters. The second-order valence-electron chi connectivity index (χ2n) is 7.76. The van der Waals surface area contributed by atoms with E-state index in [0.717, 1.165) is 31.6 Å². The molecule has 1 aromatic carbocycles. The largest absolute Gasteiger partial charge is 0.495 e. The molecule has 0 bridgehead atoms. The van der Waals surface area contributed by atoms with Gasteiger partial charge in [0.25, 0.3) is 0 Å². The number of anilines is 2. The number of benzene rings is 1. The number of hydrogen-bond acceptors (Lipinski definition) is 7. The molecule has 168 valence electrons. The second-order valence-corrected chi connectivity index (χ2v) is 9.96. The standard InChI is InChI=1S/C22H30N4O3S2/c1-3-4-7-15-10-12-16(13-11-15)20(28)24-21-25-26-22(31-21)30-14-19(27)23-17-8-5-6-9-18(17)29-2/h5-6,8-9,15-16H,3-4,7,10-14H2,1-2H3,(H,23,27)(H,24,25,28). The maximum atomic E-state index is 12.6. The van der Waals surface area contributed by atoms with Crippen molar-refractivity contribution < 1.29 is 14.3 Å². The first kappa shape index (κ1) is 23.5. The average Bonchev–Trinajstić information content (AvgIpc) is 3.24. The minimum absolute atomic E-state index is 0.0376. The van der Waals surface area contributed by atoms with Crippen molar-refractivity contribution in [2.75, 3.05) is 23.5 Å². The highest BCUT2D eigenvalue weighted by Gasteiger charge is 2.26. The Morgan fingerprint density at radius 3 is 2.68 bits per heavy atom. The van der Waals surface area contributed by atoms with Crippen molar-refractivity contribution in [1.29, 1.82) is 0 Å². The van der Waals surface area contributed by atoms with E-state index >= 15 is 0 Å². The summed E-state index contributed by atoms with van der Waals surface area (Å²) in [6, 6.07) is 7.26. The van der Waals surface area contributed by atoms with Crippen LogP contribution in [-0.4, -0.2) is 34.9 Å². The number of para-hydroxylation sites is 2. The first-order valence-corrected chi connectivity index (χ1v) is 12.6. The van der Waals surface area contributed by atoms with E-state index in [1.165, 1.54) is 42.4 Å². The lowest BCUT2D eigenvalue weighted by molar-refractivity contribution is -0.121. The van der Waals surface area contributed by atoms with Crippen LogP contribution in [0.2, 0.25) is 0 Å². The summed E-state index contributed by atoms with van der Waals surface area (Å²) in [6.45, 7) is 2.22. The Morgan fingerprint density at radius 1 is 1.16 bits per heavy atom. The molecular formula is C22H30N4O3S2. The minimum atomic E-state index is -0.157. The van der Waals surface area contributed by atoms with Crippen molar-refractivity contribution in [1.82, 2.24) is 10.2 Å². The zero-order valence-electron chi connectivity index (χ0n) is 18.1. The number of amides is 2. The molecule has 1 saturated carbocycles. The summed E-state index contributed by atoms with van der Waals surface area (Å²) in [5.74, 6) is 1.52. The van der Waals surface area contributed by atoms with Gasteiger partial charge in [0, 0.05) is 5.92 Å². The van der Waals surface area contributed by atoms with Crippen molar-refractivity contribution in [2.45, 2.75) is 56.2 Å². The molecule has 2 N–H and O–H groups in total. The van der Waals surface area contributed by atoms with Gasteiger partial charge in [-0.2, -0.15) is 0 Å². The molecule has 1 aliphatic rings. The summed E-state index contributed by atoms with van der Waals surface area (Å²) in [7, 11) is 1.56. The van der Waals surface area contributed by atoms with Crippen LogP contribution in [0.4, 0.5) is 10.8 Å². The van der Waals surface area contributed by atoms with E-state index in [-0.39, 0.29) is 23.5 Å². The fourth-order valence-electron chi connectivity index (χ4n) is 3.79. The van der Waals surface area contributed by atoms with Crippen LogP contribution in [0.25, 0.3) is 0 Å². The van der Waals surface area contributed by atoms with Crippen LogP contribution >= 0.6 is 23.1 Å². The third-order valence-corrected chi connectivity index (χ3v) is 7.50. The number of nitrogens with one attached hydrogen (secondary N) is 2. The number of unbranched alkanes of at least 4 members (excludes halogenated alkanes) is 1. The lowest BCUT2D eigenvalue weighted by Crippen LogP contribution is -2.27. The monoisotopic (exact) mass is 462 g/mol. The number of thioether (sulfide) groups is 1. The van der Waals surface area contributed by atoms with Gasteiger partial charge in [0.05, 0.1) is 18.6 Å². The van der Waals surface area contributed by atoms with Crippen LogP contribution in [0.15, 0.2) is 28.6 Å². The molecule has 9 heteroatoms. The fraction of sp³-hybridized carbons (Fsp3) is 0.545. The lowest BCUT2D eigenvalue weighted by Gasteiger charge is -2.27. The highest BCUT2D eigenvalue weighted by molar-refractivity contribution is 8.01. The summed E-state index contributed by atoms with van der Waals surface area (Å²) < 4.78 is 5.89. The van der Waals surface area contributed by atoms with Gasteiger partial charge in [-0.1, -0.05) is 61.4 Å². The SMILES string of the molecule is CCCCC1CCC(C(=O)Nc2nnc(SCC(=O)Nc3ccccc3OC)s2)CC1. The number of ether oxygens (including phenoxy) is 1. The summed E-state index contributed by atoms with van der Waals surface area (Å²) in [5, 5.41) is 14.4. The van der Waals surface area contributed by atoms with Gasteiger partial charge in [-0.25, -0.2) is 0 Å². The molecule has 7 nitrogen and oxygen atoms in total. The first-order chi connectivity index (χ1) is 15.1. The molecule has 1 heterocycles. The average molecular weight is 463 g/mol. The molecule has 0 spiro atoms. The third kappa shape index (κ3) is 7.21. The second kappa shape index (κ2) is 12.0. The Bertz CT molecular complexity index is 866. The van der Waals surface area contributed by atoms with Gasteiger partial charge >= 0.3 is 0 Å². The highest BCUT2D eigenvalue weighted by atomic mass is 32.2. The predicted octanol–water partition coefficient (Wildman–Crippen LogP) is 5.21. The van der Waals surface area contributed by atoms with Crippen LogP contribution in [0, 0.1) is 11.8 Å². The van der Waals surface area contributed by atoms with E-state index in [1.54, 1.807) is 19.2 Å². The number of rotatable bonds is 10. The van der Waals surface area contributed by atoms with Gasteiger partial charge in [-0.3, -0.25) is 9.59 Å². The number of carbonyl (C=O) groups excluding carboxylic acids is 2. The zero-order valence-corrected chi connectivity index (χ0v) is 19.7. The topological polar surface area (TPSA) is 93.2 Å². The molecule has 31 heavy (non-hydrogen) atoms. The van der Waals surface area contributed by atoms with Crippen molar-refractivity contribution in [2.24, 2.45) is 11.8 Å². The van der Waals surface area contributed by atoms with Gasteiger partial charge in [0.15, 0.2) is 4.34 Å². The van der Waals surface area contributed by atoms with Crippen LogP contribution in [0.3, 0.4) is 0 Å². The van der Waals surface area contributed by atoms with E-state index in [1.807, 2.05) is 12.1 Å². The van der Waals surface area contributed by atoms with Crippen molar-refractivity contribution in [3.05, 3.63) is 24.3 Å². The lowest BCUT2D eigenvalue weighted by atomic mass is 9.79. The molecule has 0 aliphatic heterocycles. The Kier molecular flexibility index (Phi) is 9.14. The van der Waals surface area contributed by atoms with E-state index in [2.05, 4.69) is 27.8 Å². The molecule has 0 radical (unpaired) electrons. The van der Waals surface area contributed by atoms with Gasteiger partial charge in [0.2, 0.25) is 16.9 Å². The number of hydrogen-bond donors (Lipinski definition) is 2. The van der Waals surface area contributed by atoms with Crippen molar-refractivity contribution >= 4 is 45.7 Å². The summed E-state index contributed by atoms with van der Waals surface area (Å²) in [6.07, 6.45) is 7.97. The zero-order chi connectivity index (χ0) is 22.1. The van der Waals surface area contributed by atoms with Gasteiger partial charge < -0.3 is 15.4 Å². The number of methoxy groups -OCH3 is 1. The van der Waals surface area contributed by atoms with Gasteiger partial charge in [-0.15, -0.1) is 10.2 Å². The van der Waals surface area contributed by atoms with E-state index < -0.39 is 0 Å². The summed E-state index contributed by atoms with van der Waals surface area (Å²) >= 11 is 2.59. The van der Waals surface area contributed by atoms with E-state index in [0.29, 0.717) is 20.9 Å². The molecule has 1 aliphatic carbocycles. The Morgan fingerprint density at radius 2 is 1.94 bits per heavy atom. The Labute approximate surface area is 191 Å². The number of aromatic nitrogens is 2. The molecule has 1 fully saturated rings. The Hall–Kier alpha value is -2.13. The van der Waals surface area contributed by atoms with Gasteiger partial charge in [-0.05, 0) is 43.7 Å². The van der Waals surface area contributed by atoms with Crippen LogP contribution in [-0.2, 0) is 9.59 Å². The highest BCUT2D eigenvalue weighted by Crippen LogP contribution is 2.33. The van der Waals surface area contributed by atoms with Crippen molar-refractivity contribution in [3.63, 3.8) is 0 Å². The minimum Gasteiger partial charge on any atom is -0.495 e. The third-order valence-electron chi connectivity index (χ3n) is 5.53. The maximum absolute atomic E-state index is 12.6. The normalized spacial score (nSPS) is 18.4. The quantitative estimate of drug-likeness (QED) is 0.372. The molecule has 2 aromatic rings. The molecule has 1 aromatic heterocycles. The van der Waals surface area contributed by atoms with E-state index in [4.69, 9.17) is 4.74 Å². The molecule has 0 atom stereocenters. The van der Waals surface area contributed by atoms with Crippen LogP contribution in [0.5, 0.6) is 5.75 Å². The van der Waals surface area contributed by atoms with Gasteiger partial charge in [0.1, 0.15) is 5.75 Å². The summed E-state index contributed by atoms with van der Waals surface area (Å²) in [5.41, 5.74) is 0.630. The fourth-order valence-corrected chi connectivity index (χ4v) is 5.35. The molecule has 2 amide bonds. The van der Waals surface area contributed by atoms with Crippen LogP contribution in [0.1, 0.15) is 51.9 Å². The first-order valence-electron chi connectivity index (χ1n) is 10.8. The van der Waals surface area contributed by atoms with E-state index in [9.17, 15) is 9.59 Å². The molecular weight excluding hydrogens is 432 g/mol. The number of carbonyl (C=O) groups is 2. The van der Waals surface area contributed by atoms with Crippen LogP contribution < -0.4 is 15.4 Å². The smallest absolute Gasteiger partial charge is 0.234 e. The number of nitrogens with zero attached hydrogens (tertiary/aromatic N) is 2.